The second kappa shape index (κ2) is 6.43. The highest BCUT2D eigenvalue weighted by Gasteiger charge is 2.03. The Morgan fingerprint density at radius 2 is 1.80 bits per heavy atom. The van der Waals surface area contributed by atoms with E-state index in [2.05, 4.69) is 21.2 Å². The molecule has 0 aliphatic carbocycles. The largest absolute Gasteiger partial charge is 0.381 e. The van der Waals surface area contributed by atoms with Crippen LogP contribution in [-0.4, -0.2) is 0 Å². The fraction of sp³-hybridized carbons (Fsp3) is 0.0667. The molecule has 0 heterocycles. The van der Waals surface area contributed by atoms with Gasteiger partial charge in [-0.3, -0.25) is 0 Å². The van der Waals surface area contributed by atoms with Crippen molar-refractivity contribution in [1.29, 1.82) is 10.5 Å². The van der Waals surface area contributed by atoms with Crippen molar-refractivity contribution in [2.75, 3.05) is 5.32 Å². The van der Waals surface area contributed by atoms with Crippen LogP contribution in [0.3, 0.4) is 0 Å². The van der Waals surface area contributed by atoms with E-state index in [9.17, 15) is 0 Å². The van der Waals surface area contributed by atoms with E-state index in [-0.39, 0.29) is 0 Å². The highest BCUT2D eigenvalue weighted by Crippen LogP contribution is 2.24. The van der Waals surface area contributed by atoms with Crippen LogP contribution in [0.25, 0.3) is 0 Å². The van der Waals surface area contributed by atoms with Gasteiger partial charge in [-0.15, -0.1) is 0 Å². The van der Waals surface area contributed by atoms with E-state index < -0.39 is 0 Å². The summed E-state index contributed by atoms with van der Waals surface area (Å²) < 4.78 is 0.855. The summed E-state index contributed by atoms with van der Waals surface area (Å²) in [5.74, 6) is 0. The molecule has 0 amide bonds. The molecule has 2 aromatic rings. The van der Waals surface area contributed by atoms with Gasteiger partial charge in [-0.05, 0) is 51.8 Å². The lowest BCUT2D eigenvalue weighted by Crippen LogP contribution is -2.00. The van der Waals surface area contributed by atoms with Gasteiger partial charge in [-0.25, -0.2) is 0 Å². The van der Waals surface area contributed by atoms with E-state index in [0.29, 0.717) is 22.7 Å². The Hall–Kier alpha value is -2.01. The molecule has 0 unspecified atom stereocenters. The molecule has 0 saturated heterocycles. The molecule has 0 aromatic heterocycles. The Balaban J connectivity index is 2.13. The van der Waals surface area contributed by atoms with Crippen molar-refractivity contribution in [2.45, 2.75) is 6.54 Å². The maximum Gasteiger partial charge on any atom is 0.101 e. The molecule has 1 N–H and O–H groups in total. The van der Waals surface area contributed by atoms with Crippen LogP contribution in [-0.2, 0) is 6.54 Å². The maximum absolute atomic E-state index is 8.97. The van der Waals surface area contributed by atoms with Crippen LogP contribution in [0.1, 0.15) is 16.7 Å². The second-order valence-electron chi connectivity index (χ2n) is 4.09. The summed E-state index contributed by atoms with van der Waals surface area (Å²) in [5, 5.41) is 21.7. The van der Waals surface area contributed by atoms with Crippen molar-refractivity contribution >= 4 is 33.2 Å². The molecule has 5 heteroatoms. The zero-order valence-corrected chi connectivity index (χ0v) is 12.7. The van der Waals surface area contributed by atoms with Crippen molar-refractivity contribution in [2.24, 2.45) is 0 Å². The van der Waals surface area contributed by atoms with Gasteiger partial charge >= 0.3 is 0 Å². The minimum Gasteiger partial charge on any atom is -0.381 e. The fourth-order valence-electron chi connectivity index (χ4n) is 1.70. The van der Waals surface area contributed by atoms with Gasteiger partial charge in [0.05, 0.1) is 16.1 Å². The standard InChI is InChI=1S/C15H9BrClN3/c16-14-4-1-10(5-15(14)17)9-20-13-3-2-11(7-18)12(6-13)8-19/h1-6,20H,9H2. The molecule has 3 nitrogen and oxygen atoms in total. The molecule has 20 heavy (non-hydrogen) atoms. The molecule has 98 valence electrons. The Morgan fingerprint density at radius 3 is 2.45 bits per heavy atom. The van der Waals surface area contributed by atoms with Crippen LogP contribution >= 0.6 is 27.5 Å². The Morgan fingerprint density at radius 1 is 1.05 bits per heavy atom. The quantitative estimate of drug-likeness (QED) is 0.892. The summed E-state index contributed by atoms with van der Waals surface area (Å²) in [4.78, 5) is 0. The molecule has 0 radical (unpaired) electrons. The lowest BCUT2D eigenvalue weighted by atomic mass is 10.1. The third-order valence-corrected chi connectivity index (χ3v) is 3.97. The van der Waals surface area contributed by atoms with Gasteiger partial charge in [-0.1, -0.05) is 17.7 Å². The van der Waals surface area contributed by atoms with E-state index in [1.807, 2.05) is 30.3 Å². The number of hydrogen-bond donors (Lipinski definition) is 1. The average Bonchev–Trinajstić information content (AvgIpc) is 2.48. The minimum absolute atomic E-state index is 0.367. The van der Waals surface area contributed by atoms with E-state index >= 15 is 0 Å². The third-order valence-electron chi connectivity index (χ3n) is 2.74. The van der Waals surface area contributed by atoms with Crippen LogP contribution in [0.5, 0.6) is 0 Å². The summed E-state index contributed by atoms with van der Waals surface area (Å²) in [5.41, 5.74) is 2.57. The highest BCUT2D eigenvalue weighted by atomic mass is 79.9. The van der Waals surface area contributed by atoms with Crippen molar-refractivity contribution in [3.05, 3.63) is 62.6 Å². The number of anilines is 1. The van der Waals surface area contributed by atoms with Gasteiger partial charge in [-0.2, -0.15) is 10.5 Å². The molecule has 2 rings (SSSR count). The van der Waals surface area contributed by atoms with Crippen molar-refractivity contribution in [3.8, 4) is 12.1 Å². The monoisotopic (exact) mass is 345 g/mol. The van der Waals surface area contributed by atoms with Gasteiger partial charge in [0.25, 0.3) is 0 Å². The van der Waals surface area contributed by atoms with Gasteiger partial charge < -0.3 is 5.32 Å². The molecule has 0 aliphatic rings. The molecular formula is C15H9BrClN3. The number of hydrogen-bond acceptors (Lipinski definition) is 3. The van der Waals surface area contributed by atoms with Crippen LogP contribution in [0.15, 0.2) is 40.9 Å². The first-order valence-electron chi connectivity index (χ1n) is 5.76. The zero-order chi connectivity index (χ0) is 14.5. The second-order valence-corrected chi connectivity index (χ2v) is 5.35. The van der Waals surface area contributed by atoms with E-state index in [4.69, 9.17) is 22.1 Å². The molecule has 0 saturated carbocycles. The van der Waals surface area contributed by atoms with Crippen molar-refractivity contribution < 1.29 is 0 Å². The van der Waals surface area contributed by atoms with Crippen LogP contribution < -0.4 is 5.32 Å². The van der Waals surface area contributed by atoms with E-state index in [0.717, 1.165) is 15.7 Å². The summed E-state index contributed by atoms with van der Waals surface area (Å²) >= 11 is 9.37. The smallest absolute Gasteiger partial charge is 0.101 e. The van der Waals surface area contributed by atoms with E-state index in [1.165, 1.54) is 0 Å². The number of benzene rings is 2. The Labute approximate surface area is 130 Å². The first-order chi connectivity index (χ1) is 9.63. The van der Waals surface area contributed by atoms with Crippen LogP contribution in [0.2, 0.25) is 5.02 Å². The predicted molar refractivity (Wildman–Crippen MR) is 82.4 cm³/mol. The van der Waals surface area contributed by atoms with Crippen molar-refractivity contribution in [1.82, 2.24) is 0 Å². The van der Waals surface area contributed by atoms with Gasteiger partial charge in [0.1, 0.15) is 12.1 Å². The molecule has 0 aliphatic heterocycles. The topological polar surface area (TPSA) is 59.6 Å². The molecule has 2 aromatic carbocycles. The zero-order valence-electron chi connectivity index (χ0n) is 10.3. The first-order valence-corrected chi connectivity index (χ1v) is 6.93. The highest BCUT2D eigenvalue weighted by molar-refractivity contribution is 9.10. The summed E-state index contributed by atoms with van der Waals surface area (Å²) in [6.07, 6.45) is 0. The molecule has 0 spiro atoms. The molecule has 0 bridgehead atoms. The normalized spacial score (nSPS) is 9.60. The first kappa shape index (κ1) is 14.4. The number of nitrogens with zero attached hydrogens (tertiary/aromatic N) is 2. The summed E-state index contributed by atoms with van der Waals surface area (Å²) in [7, 11) is 0. The number of nitrogens with one attached hydrogen (secondary N) is 1. The Kier molecular flexibility index (Phi) is 4.63. The number of halogens is 2. The maximum atomic E-state index is 8.97. The number of rotatable bonds is 3. The van der Waals surface area contributed by atoms with Crippen LogP contribution in [0.4, 0.5) is 5.69 Å². The summed E-state index contributed by atoms with van der Waals surface area (Å²) in [6.45, 7) is 0.587. The molecule has 0 fully saturated rings. The Bertz CT molecular complexity index is 729. The lowest BCUT2D eigenvalue weighted by molar-refractivity contribution is 1.15. The predicted octanol–water partition coefficient (Wildman–Crippen LogP) is 4.46. The van der Waals surface area contributed by atoms with Crippen molar-refractivity contribution in [3.63, 3.8) is 0 Å². The lowest BCUT2D eigenvalue weighted by Gasteiger charge is -2.08. The minimum atomic E-state index is 0.367. The molecule has 0 atom stereocenters. The SMILES string of the molecule is N#Cc1ccc(NCc2ccc(Br)c(Cl)c2)cc1C#N. The fourth-order valence-corrected chi connectivity index (χ4v) is 2.15. The van der Waals surface area contributed by atoms with Gasteiger partial charge in [0.15, 0.2) is 0 Å². The van der Waals surface area contributed by atoms with E-state index in [1.54, 1.807) is 18.2 Å². The average molecular weight is 347 g/mol. The molecular weight excluding hydrogens is 338 g/mol. The van der Waals surface area contributed by atoms with Gasteiger partial charge in [0, 0.05) is 16.7 Å². The summed E-state index contributed by atoms with van der Waals surface area (Å²) in [6, 6.07) is 14.8. The van der Waals surface area contributed by atoms with Gasteiger partial charge in [0.2, 0.25) is 0 Å². The number of nitriles is 2. The van der Waals surface area contributed by atoms with Crippen LogP contribution in [0, 0.1) is 22.7 Å². The third kappa shape index (κ3) is 3.30.